The highest BCUT2D eigenvalue weighted by atomic mass is 32.2. The van der Waals surface area contributed by atoms with Crippen molar-refractivity contribution in [2.45, 2.75) is 32.3 Å². The molecule has 0 radical (unpaired) electrons. The standard InChI is InChI=1S/C22H26N4O2S/c1-16-12-17(2)18(3)20(13-16)28-11-7-10-23-21(27)14-29-22-25-24-15-26(22)19-8-5-4-6-9-19/h4-6,8-9,12-13,15H,7,10-11,14H2,1-3H3,(H,23,27). The summed E-state index contributed by atoms with van der Waals surface area (Å²) >= 11 is 1.37. The van der Waals surface area contributed by atoms with Crippen molar-refractivity contribution in [3.05, 3.63) is 65.5 Å². The van der Waals surface area contributed by atoms with Gasteiger partial charge in [0.25, 0.3) is 0 Å². The number of para-hydroxylation sites is 1. The maximum Gasteiger partial charge on any atom is 0.230 e. The second-order valence-electron chi connectivity index (χ2n) is 6.86. The summed E-state index contributed by atoms with van der Waals surface area (Å²) in [6.07, 6.45) is 2.41. The maximum atomic E-state index is 12.1. The molecule has 1 amide bonds. The summed E-state index contributed by atoms with van der Waals surface area (Å²) in [5.74, 6) is 1.19. The first kappa shape index (κ1) is 20.9. The molecule has 0 aliphatic carbocycles. The van der Waals surface area contributed by atoms with E-state index in [1.165, 1.54) is 28.5 Å². The number of carbonyl (C=O) groups excluding carboxylic acids is 1. The monoisotopic (exact) mass is 410 g/mol. The first-order valence-electron chi connectivity index (χ1n) is 9.60. The van der Waals surface area contributed by atoms with E-state index in [-0.39, 0.29) is 5.91 Å². The van der Waals surface area contributed by atoms with Gasteiger partial charge in [0.15, 0.2) is 5.16 Å². The SMILES string of the molecule is Cc1cc(C)c(C)c(OCCCNC(=O)CSc2nncn2-c2ccccc2)c1. The van der Waals surface area contributed by atoms with E-state index >= 15 is 0 Å². The number of aryl methyl sites for hydroxylation is 2. The second kappa shape index (κ2) is 10.1. The van der Waals surface area contributed by atoms with Crippen LogP contribution in [-0.2, 0) is 4.79 Å². The first-order chi connectivity index (χ1) is 14.0. The number of aromatic nitrogens is 3. The molecule has 3 rings (SSSR count). The number of amides is 1. The lowest BCUT2D eigenvalue weighted by molar-refractivity contribution is -0.118. The Labute approximate surface area is 175 Å². The lowest BCUT2D eigenvalue weighted by Gasteiger charge is -2.12. The van der Waals surface area contributed by atoms with Crippen LogP contribution in [0.15, 0.2) is 53.9 Å². The first-order valence-corrected chi connectivity index (χ1v) is 10.6. The van der Waals surface area contributed by atoms with Crippen LogP contribution in [-0.4, -0.2) is 39.6 Å². The smallest absolute Gasteiger partial charge is 0.230 e. The summed E-state index contributed by atoms with van der Waals surface area (Å²) in [7, 11) is 0. The molecule has 7 heteroatoms. The zero-order valence-electron chi connectivity index (χ0n) is 17.0. The molecule has 0 aliphatic heterocycles. The van der Waals surface area contributed by atoms with Gasteiger partial charge in [-0.15, -0.1) is 10.2 Å². The van der Waals surface area contributed by atoms with E-state index in [4.69, 9.17) is 4.74 Å². The molecule has 0 saturated heterocycles. The van der Waals surface area contributed by atoms with Crippen molar-refractivity contribution in [1.82, 2.24) is 20.1 Å². The highest BCUT2D eigenvalue weighted by Gasteiger charge is 2.10. The van der Waals surface area contributed by atoms with Crippen molar-refractivity contribution in [2.24, 2.45) is 0 Å². The number of carbonyl (C=O) groups is 1. The molecule has 0 fully saturated rings. The third-order valence-corrected chi connectivity index (χ3v) is 5.49. The number of benzene rings is 2. The Morgan fingerprint density at radius 3 is 2.76 bits per heavy atom. The van der Waals surface area contributed by atoms with Gasteiger partial charge in [-0.05, 0) is 62.1 Å². The lowest BCUT2D eigenvalue weighted by Crippen LogP contribution is -2.27. The van der Waals surface area contributed by atoms with Crippen molar-refractivity contribution in [1.29, 1.82) is 0 Å². The minimum atomic E-state index is -0.0276. The number of nitrogens with zero attached hydrogens (tertiary/aromatic N) is 3. The van der Waals surface area contributed by atoms with Crippen LogP contribution in [0.2, 0.25) is 0 Å². The van der Waals surface area contributed by atoms with E-state index < -0.39 is 0 Å². The van der Waals surface area contributed by atoms with Gasteiger partial charge in [0.1, 0.15) is 12.1 Å². The van der Waals surface area contributed by atoms with Crippen molar-refractivity contribution < 1.29 is 9.53 Å². The molecule has 0 bridgehead atoms. The van der Waals surface area contributed by atoms with Crippen molar-refractivity contribution >= 4 is 17.7 Å². The Balaban J connectivity index is 1.39. The van der Waals surface area contributed by atoms with E-state index in [1.54, 1.807) is 6.33 Å². The summed E-state index contributed by atoms with van der Waals surface area (Å²) in [5.41, 5.74) is 4.56. The molecule has 1 heterocycles. The Hall–Kier alpha value is -2.80. The molecule has 0 saturated carbocycles. The number of nitrogens with one attached hydrogen (secondary N) is 1. The Morgan fingerprint density at radius 1 is 1.17 bits per heavy atom. The van der Waals surface area contributed by atoms with Crippen molar-refractivity contribution in [3.63, 3.8) is 0 Å². The van der Waals surface area contributed by atoms with Gasteiger partial charge in [-0.25, -0.2) is 0 Å². The normalized spacial score (nSPS) is 10.7. The minimum absolute atomic E-state index is 0.0276. The molecule has 0 unspecified atom stereocenters. The summed E-state index contributed by atoms with van der Waals surface area (Å²) in [4.78, 5) is 12.1. The van der Waals surface area contributed by atoms with Gasteiger partial charge in [0.2, 0.25) is 5.91 Å². The molecular formula is C22H26N4O2S. The largest absolute Gasteiger partial charge is 0.493 e. The number of thioether (sulfide) groups is 1. The fourth-order valence-corrected chi connectivity index (χ4v) is 3.66. The van der Waals surface area contributed by atoms with Crippen LogP contribution in [0.25, 0.3) is 5.69 Å². The van der Waals surface area contributed by atoms with Crippen LogP contribution in [0, 0.1) is 20.8 Å². The zero-order valence-corrected chi connectivity index (χ0v) is 17.8. The third-order valence-electron chi connectivity index (χ3n) is 4.55. The summed E-state index contributed by atoms with van der Waals surface area (Å²) in [6, 6.07) is 14.0. The molecule has 0 spiro atoms. The van der Waals surface area contributed by atoms with Crippen LogP contribution in [0.3, 0.4) is 0 Å². The maximum absolute atomic E-state index is 12.1. The van der Waals surface area contributed by atoms with Crippen molar-refractivity contribution in [2.75, 3.05) is 18.9 Å². The van der Waals surface area contributed by atoms with Gasteiger partial charge in [0.05, 0.1) is 12.4 Å². The number of rotatable bonds is 9. The summed E-state index contributed by atoms with van der Waals surface area (Å²) < 4.78 is 7.76. The van der Waals surface area contributed by atoms with Gasteiger partial charge in [-0.3, -0.25) is 9.36 Å². The van der Waals surface area contributed by atoms with Crippen LogP contribution in [0.4, 0.5) is 0 Å². The number of ether oxygens (including phenoxy) is 1. The molecule has 3 aromatic rings. The van der Waals surface area contributed by atoms with Gasteiger partial charge in [-0.1, -0.05) is 36.0 Å². The third kappa shape index (κ3) is 5.84. The van der Waals surface area contributed by atoms with Crippen molar-refractivity contribution in [3.8, 4) is 11.4 Å². The average Bonchev–Trinajstić information content (AvgIpc) is 3.19. The van der Waals surface area contributed by atoms with Crippen LogP contribution >= 0.6 is 11.8 Å². The molecule has 1 N–H and O–H groups in total. The highest BCUT2D eigenvalue weighted by Crippen LogP contribution is 2.23. The van der Waals surface area contributed by atoms with Gasteiger partial charge in [0, 0.05) is 12.2 Å². The minimum Gasteiger partial charge on any atom is -0.493 e. The summed E-state index contributed by atoms with van der Waals surface area (Å²) in [5, 5.41) is 11.7. The molecule has 0 aliphatic rings. The lowest BCUT2D eigenvalue weighted by atomic mass is 10.1. The predicted octanol–water partition coefficient (Wildman–Crippen LogP) is 3.87. The van der Waals surface area contributed by atoms with Crippen LogP contribution in [0.5, 0.6) is 5.75 Å². The second-order valence-corrected chi connectivity index (χ2v) is 7.81. The molecule has 29 heavy (non-hydrogen) atoms. The molecule has 152 valence electrons. The molecule has 1 aromatic heterocycles. The zero-order chi connectivity index (χ0) is 20.6. The highest BCUT2D eigenvalue weighted by molar-refractivity contribution is 7.99. The van der Waals surface area contributed by atoms with Gasteiger partial charge < -0.3 is 10.1 Å². The van der Waals surface area contributed by atoms with E-state index in [1.807, 2.05) is 34.9 Å². The topological polar surface area (TPSA) is 69.0 Å². The molecule has 0 atom stereocenters. The Morgan fingerprint density at radius 2 is 1.97 bits per heavy atom. The fourth-order valence-electron chi connectivity index (χ4n) is 2.90. The van der Waals surface area contributed by atoms with E-state index in [2.05, 4.69) is 48.4 Å². The average molecular weight is 411 g/mol. The Kier molecular flexibility index (Phi) is 7.30. The summed E-state index contributed by atoms with van der Waals surface area (Å²) in [6.45, 7) is 7.37. The molecular weight excluding hydrogens is 384 g/mol. The van der Waals surface area contributed by atoms with E-state index in [9.17, 15) is 4.79 Å². The Bertz CT molecular complexity index is 957. The van der Waals surface area contributed by atoms with Gasteiger partial charge in [-0.2, -0.15) is 0 Å². The van der Waals surface area contributed by atoms with Crippen LogP contribution in [0.1, 0.15) is 23.1 Å². The molecule has 6 nitrogen and oxygen atoms in total. The fraction of sp³-hybridized carbons (Fsp3) is 0.318. The van der Waals surface area contributed by atoms with E-state index in [0.717, 1.165) is 17.9 Å². The number of hydrogen-bond donors (Lipinski definition) is 1. The quantitative estimate of drug-likeness (QED) is 0.428. The number of hydrogen-bond acceptors (Lipinski definition) is 5. The van der Waals surface area contributed by atoms with E-state index in [0.29, 0.717) is 24.1 Å². The predicted molar refractivity (Wildman–Crippen MR) is 116 cm³/mol. The molecule has 2 aromatic carbocycles. The van der Waals surface area contributed by atoms with Crippen LogP contribution < -0.4 is 10.1 Å². The van der Waals surface area contributed by atoms with Gasteiger partial charge >= 0.3 is 0 Å².